The molecule has 2 aliphatic rings. The SMILES string of the molecule is Cc1ccc2c(c1)N(CC(=O)Nc1ccc(N3CCC(C)CC3)cc1)CC(=O)O2. The maximum absolute atomic E-state index is 12.6. The molecule has 0 radical (unpaired) electrons. The lowest BCUT2D eigenvalue weighted by Crippen LogP contribution is -2.41. The molecular formula is C23H27N3O3. The van der Waals surface area contributed by atoms with Gasteiger partial charge < -0.3 is 19.9 Å². The molecule has 1 N–H and O–H groups in total. The summed E-state index contributed by atoms with van der Waals surface area (Å²) in [7, 11) is 0. The Morgan fingerprint density at radius 1 is 1.14 bits per heavy atom. The van der Waals surface area contributed by atoms with E-state index in [2.05, 4.69) is 29.3 Å². The van der Waals surface area contributed by atoms with Crippen LogP contribution in [0.15, 0.2) is 42.5 Å². The van der Waals surface area contributed by atoms with Gasteiger partial charge in [0.05, 0.1) is 12.2 Å². The number of carbonyl (C=O) groups is 2. The van der Waals surface area contributed by atoms with Crippen molar-refractivity contribution in [2.45, 2.75) is 26.7 Å². The topological polar surface area (TPSA) is 61.9 Å². The number of benzene rings is 2. The van der Waals surface area contributed by atoms with Crippen LogP contribution in [0, 0.1) is 12.8 Å². The van der Waals surface area contributed by atoms with Crippen molar-refractivity contribution in [3.63, 3.8) is 0 Å². The summed E-state index contributed by atoms with van der Waals surface area (Å²) in [6.45, 7) is 6.60. The van der Waals surface area contributed by atoms with Gasteiger partial charge in [-0.25, -0.2) is 4.79 Å². The molecule has 0 saturated carbocycles. The molecule has 29 heavy (non-hydrogen) atoms. The largest absolute Gasteiger partial charge is 0.423 e. The number of anilines is 3. The van der Waals surface area contributed by atoms with Crippen molar-refractivity contribution >= 4 is 28.9 Å². The Kier molecular flexibility index (Phi) is 5.43. The zero-order chi connectivity index (χ0) is 20.4. The summed E-state index contributed by atoms with van der Waals surface area (Å²) in [5.74, 6) is 0.784. The molecule has 0 aliphatic carbocycles. The molecule has 1 saturated heterocycles. The fourth-order valence-electron chi connectivity index (χ4n) is 3.89. The Labute approximate surface area is 171 Å². The number of hydrogen-bond acceptors (Lipinski definition) is 5. The fraction of sp³-hybridized carbons (Fsp3) is 0.391. The molecule has 152 valence electrons. The number of esters is 1. The lowest BCUT2D eigenvalue weighted by Gasteiger charge is -2.32. The van der Waals surface area contributed by atoms with Gasteiger partial charge in [0, 0.05) is 24.5 Å². The predicted octanol–water partition coefficient (Wildman–Crippen LogP) is 3.60. The van der Waals surface area contributed by atoms with Gasteiger partial charge in [0.25, 0.3) is 0 Å². The van der Waals surface area contributed by atoms with Crippen molar-refractivity contribution in [3.8, 4) is 5.75 Å². The molecule has 0 unspecified atom stereocenters. The van der Waals surface area contributed by atoms with Crippen molar-refractivity contribution in [1.29, 1.82) is 0 Å². The Bertz CT molecular complexity index is 902. The second kappa shape index (κ2) is 8.15. The van der Waals surface area contributed by atoms with Crippen molar-refractivity contribution in [1.82, 2.24) is 0 Å². The van der Waals surface area contributed by atoms with Crippen LogP contribution in [-0.2, 0) is 9.59 Å². The summed E-state index contributed by atoms with van der Waals surface area (Å²) < 4.78 is 5.28. The van der Waals surface area contributed by atoms with Gasteiger partial charge in [-0.3, -0.25) is 4.79 Å². The molecule has 2 aliphatic heterocycles. The first kappa shape index (κ1) is 19.3. The average Bonchev–Trinajstić information content (AvgIpc) is 2.70. The molecule has 2 heterocycles. The third kappa shape index (κ3) is 4.53. The first-order valence-electron chi connectivity index (χ1n) is 10.2. The van der Waals surface area contributed by atoms with Gasteiger partial charge in [-0.15, -0.1) is 0 Å². The van der Waals surface area contributed by atoms with E-state index in [1.165, 1.54) is 18.5 Å². The number of fused-ring (bicyclic) bond motifs is 1. The first-order chi connectivity index (χ1) is 14.0. The lowest BCUT2D eigenvalue weighted by atomic mass is 9.99. The van der Waals surface area contributed by atoms with Gasteiger partial charge in [0.2, 0.25) is 5.91 Å². The van der Waals surface area contributed by atoms with E-state index < -0.39 is 0 Å². The number of aryl methyl sites for hydroxylation is 1. The van der Waals surface area contributed by atoms with Crippen molar-refractivity contribution in [3.05, 3.63) is 48.0 Å². The van der Waals surface area contributed by atoms with Crippen LogP contribution in [0.25, 0.3) is 0 Å². The van der Waals surface area contributed by atoms with Crippen molar-refractivity contribution in [2.75, 3.05) is 41.3 Å². The highest BCUT2D eigenvalue weighted by Gasteiger charge is 2.25. The maximum Gasteiger partial charge on any atom is 0.331 e. The summed E-state index contributed by atoms with van der Waals surface area (Å²) in [6.07, 6.45) is 2.44. The number of rotatable bonds is 4. The van der Waals surface area contributed by atoms with E-state index in [0.717, 1.165) is 35.9 Å². The van der Waals surface area contributed by atoms with Gasteiger partial charge in [0.15, 0.2) is 5.75 Å². The zero-order valence-electron chi connectivity index (χ0n) is 17.0. The Hall–Kier alpha value is -3.02. The van der Waals surface area contributed by atoms with E-state index in [-0.39, 0.29) is 25.0 Å². The molecule has 2 aromatic carbocycles. The van der Waals surface area contributed by atoms with Crippen LogP contribution in [0.2, 0.25) is 0 Å². The number of hydrogen-bond donors (Lipinski definition) is 1. The molecule has 6 heteroatoms. The summed E-state index contributed by atoms with van der Waals surface area (Å²) >= 11 is 0. The van der Waals surface area contributed by atoms with Crippen LogP contribution < -0.4 is 19.9 Å². The van der Waals surface area contributed by atoms with Gasteiger partial charge in [-0.2, -0.15) is 0 Å². The summed E-state index contributed by atoms with van der Waals surface area (Å²) in [6, 6.07) is 13.6. The van der Waals surface area contributed by atoms with E-state index in [1.54, 1.807) is 11.0 Å². The molecule has 0 spiro atoms. The van der Waals surface area contributed by atoms with Crippen molar-refractivity contribution in [2.24, 2.45) is 5.92 Å². The standard InChI is InChI=1S/C23H27N3O3/c1-16-9-11-25(12-10-16)19-6-4-18(5-7-19)24-22(27)14-26-15-23(28)29-21-8-3-17(2)13-20(21)26/h3-8,13,16H,9-12,14-15H2,1-2H3,(H,24,27). The number of nitrogens with zero attached hydrogens (tertiary/aromatic N) is 2. The second-order valence-electron chi connectivity index (χ2n) is 8.07. The van der Waals surface area contributed by atoms with E-state index in [1.807, 2.05) is 31.2 Å². The second-order valence-corrected chi connectivity index (χ2v) is 8.07. The Morgan fingerprint density at radius 3 is 2.59 bits per heavy atom. The van der Waals surface area contributed by atoms with Crippen LogP contribution in [0.5, 0.6) is 5.75 Å². The number of piperidine rings is 1. The van der Waals surface area contributed by atoms with Gasteiger partial charge in [0.1, 0.15) is 6.54 Å². The average molecular weight is 393 g/mol. The highest BCUT2D eigenvalue weighted by Crippen LogP contribution is 2.32. The Balaban J connectivity index is 1.39. The molecule has 0 bridgehead atoms. The minimum absolute atomic E-state index is 0.0657. The molecule has 2 aromatic rings. The van der Waals surface area contributed by atoms with Crippen molar-refractivity contribution < 1.29 is 14.3 Å². The lowest BCUT2D eigenvalue weighted by molar-refractivity contribution is -0.133. The number of amides is 1. The normalized spacial score (nSPS) is 17.0. The fourth-order valence-corrected chi connectivity index (χ4v) is 3.89. The van der Waals surface area contributed by atoms with Crippen LogP contribution in [0.1, 0.15) is 25.3 Å². The van der Waals surface area contributed by atoms with Crippen LogP contribution in [-0.4, -0.2) is 38.1 Å². The van der Waals surface area contributed by atoms with E-state index in [9.17, 15) is 9.59 Å². The summed E-state index contributed by atoms with van der Waals surface area (Å²) in [5, 5.41) is 2.94. The minimum Gasteiger partial charge on any atom is -0.423 e. The maximum atomic E-state index is 12.6. The van der Waals surface area contributed by atoms with Gasteiger partial charge in [-0.1, -0.05) is 13.0 Å². The van der Waals surface area contributed by atoms with Crippen LogP contribution in [0.3, 0.4) is 0 Å². The third-order valence-electron chi connectivity index (χ3n) is 5.63. The molecule has 4 rings (SSSR count). The predicted molar refractivity (Wildman–Crippen MR) is 115 cm³/mol. The first-order valence-corrected chi connectivity index (χ1v) is 10.2. The van der Waals surface area contributed by atoms with E-state index in [0.29, 0.717) is 5.75 Å². The van der Waals surface area contributed by atoms with Crippen LogP contribution >= 0.6 is 0 Å². The Morgan fingerprint density at radius 2 is 1.86 bits per heavy atom. The molecule has 1 amide bonds. The number of nitrogens with one attached hydrogen (secondary N) is 1. The number of carbonyl (C=O) groups excluding carboxylic acids is 2. The van der Waals surface area contributed by atoms with E-state index >= 15 is 0 Å². The third-order valence-corrected chi connectivity index (χ3v) is 5.63. The minimum atomic E-state index is -0.352. The summed E-state index contributed by atoms with van der Waals surface area (Å²) in [5.41, 5.74) is 3.77. The highest BCUT2D eigenvalue weighted by atomic mass is 16.5. The van der Waals surface area contributed by atoms with E-state index in [4.69, 9.17) is 4.74 Å². The monoisotopic (exact) mass is 393 g/mol. The molecular weight excluding hydrogens is 366 g/mol. The molecule has 1 fully saturated rings. The summed E-state index contributed by atoms with van der Waals surface area (Å²) in [4.78, 5) is 28.6. The zero-order valence-corrected chi connectivity index (χ0v) is 17.0. The van der Waals surface area contributed by atoms with Crippen LogP contribution in [0.4, 0.5) is 17.1 Å². The smallest absolute Gasteiger partial charge is 0.331 e. The molecule has 0 aromatic heterocycles. The quantitative estimate of drug-likeness (QED) is 0.635. The molecule has 6 nitrogen and oxygen atoms in total. The van der Waals surface area contributed by atoms with Gasteiger partial charge in [-0.05, 0) is 67.6 Å². The number of ether oxygens (including phenoxy) is 1. The van der Waals surface area contributed by atoms with Gasteiger partial charge >= 0.3 is 5.97 Å². The highest BCUT2D eigenvalue weighted by molar-refractivity contribution is 5.96. The molecule has 0 atom stereocenters.